The third-order valence-electron chi connectivity index (χ3n) is 4.80. The lowest BCUT2D eigenvalue weighted by Gasteiger charge is -2.41. The molecular formula is C16H30N2OS. The van der Waals surface area contributed by atoms with Crippen LogP contribution in [0.5, 0.6) is 0 Å². The molecule has 4 heteroatoms. The Balaban J connectivity index is 2.23. The van der Waals surface area contributed by atoms with Crippen LogP contribution < -0.4 is 5.32 Å². The molecule has 2 fully saturated rings. The van der Waals surface area contributed by atoms with Gasteiger partial charge in [0.05, 0.1) is 12.2 Å². The Labute approximate surface area is 128 Å². The number of thioether (sulfide) groups is 1. The zero-order valence-corrected chi connectivity index (χ0v) is 14.4. The van der Waals surface area contributed by atoms with Gasteiger partial charge in [0.15, 0.2) is 0 Å². The molecule has 0 bridgehead atoms. The molecule has 2 rings (SSSR count). The molecule has 3 nitrogen and oxygen atoms in total. The Hall–Kier alpha value is -0.220. The summed E-state index contributed by atoms with van der Waals surface area (Å²) >= 11 is 1.94. The van der Waals surface area contributed by atoms with E-state index in [-0.39, 0.29) is 12.2 Å². The van der Waals surface area contributed by atoms with Gasteiger partial charge >= 0.3 is 0 Å². The maximum Gasteiger partial charge on any atom is 0.241 e. The van der Waals surface area contributed by atoms with Crippen LogP contribution >= 0.6 is 11.8 Å². The fourth-order valence-electron chi connectivity index (χ4n) is 3.66. The summed E-state index contributed by atoms with van der Waals surface area (Å²) in [6.45, 7) is 8.72. The molecule has 2 aliphatic rings. The molecule has 0 radical (unpaired) electrons. The Kier molecular flexibility index (Phi) is 5.41. The van der Waals surface area contributed by atoms with E-state index in [1.54, 1.807) is 0 Å². The van der Waals surface area contributed by atoms with E-state index in [1.807, 2.05) is 11.8 Å². The van der Waals surface area contributed by atoms with E-state index < -0.39 is 0 Å². The zero-order chi connectivity index (χ0) is 14.9. The highest BCUT2D eigenvalue weighted by atomic mass is 32.2. The molecule has 116 valence electrons. The van der Waals surface area contributed by atoms with Crippen LogP contribution in [0, 0.1) is 11.8 Å². The van der Waals surface area contributed by atoms with Gasteiger partial charge in [-0.15, -0.1) is 0 Å². The lowest BCUT2D eigenvalue weighted by molar-refractivity contribution is -0.134. The first kappa shape index (κ1) is 16.2. The van der Waals surface area contributed by atoms with E-state index >= 15 is 0 Å². The number of nitrogens with one attached hydrogen (secondary N) is 1. The predicted octanol–water partition coefficient (Wildman–Crippen LogP) is 3.10. The summed E-state index contributed by atoms with van der Waals surface area (Å²) in [6, 6.07) is 0.432. The maximum absolute atomic E-state index is 12.9. The first-order valence-corrected chi connectivity index (χ1v) is 9.37. The summed E-state index contributed by atoms with van der Waals surface area (Å²) in [7, 11) is 0. The third-order valence-corrected chi connectivity index (χ3v) is 5.95. The molecule has 4 atom stereocenters. The minimum absolute atomic E-state index is 0.00633. The Morgan fingerprint density at radius 3 is 2.35 bits per heavy atom. The van der Waals surface area contributed by atoms with Crippen LogP contribution in [0.4, 0.5) is 0 Å². The van der Waals surface area contributed by atoms with Crippen molar-refractivity contribution in [3.8, 4) is 0 Å². The van der Waals surface area contributed by atoms with Crippen LogP contribution in [-0.2, 0) is 4.79 Å². The molecule has 1 aliphatic carbocycles. The zero-order valence-electron chi connectivity index (χ0n) is 13.6. The Morgan fingerprint density at radius 1 is 1.15 bits per heavy atom. The van der Waals surface area contributed by atoms with Crippen LogP contribution in [0.2, 0.25) is 0 Å². The second kappa shape index (κ2) is 6.69. The number of rotatable bonds is 4. The monoisotopic (exact) mass is 298 g/mol. The molecule has 1 heterocycles. The summed E-state index contributed by atoms with van der Waals surface area (Å²) in [5, 5.41) is 4.21. The van der Waals surface area contributed by atoms with Crippen molar-refractivity contribution >= 4 is 17.7 Å². The van der Waals surface area contributed by atoms with E-state index in [2.05, 4.69) is 44.2 Å². The normalized spacial score (nSPS) is 35.4. The first-order chi connectivity index (χ1) is 9.47. The lowest BCUT2D eigenvalue weighted by Crippen LogP contribution is -2.52. The van der Waals surface area contributed by atoms with Gasteiger partial charge in [-0.2, -0.15) is 11.8 Å². The first-order valence-electron chi connectivity index (χ1n) is 8.08. The number of hydrogen-bond acceptors (Lipinski definition) is 3. The Morgan fingerprint density at radius 2 is 1.80 bits per heavy atom. The summed E-state index contributed by atoms with van der Waals surface area (Å²) in [5.74, 6) is 1.17. The summed E-state index contributed by atoms with van der Waals surface area (Å²) in [5.41, 5.74) is 0. The fourth-order valence-corrected chi connectivity index (χ4v) is 4.65. The molecule has 1 N–H and O–H groups in total. The van der Waals surface area contributed by atoms with Crippen molar-refractivity contribution in [2.75, 3.05) is 6.26 Å². The van der Waals surface area contributed by atoms with Crippen LogP contribution in [0.15, 0.2) is 0 Å². The molecule has 1 aliphatic heterocycles. The van der Waals surface area contributed by atoms with Crippen LogP contribution in [0.25, 0.3) is 0 Å². The molecule has 1 amide bonds. The highest BCUT2D eigenvalue weighted by Crippen LogP contribution is 2.35. The molecule has 0 aromatic heterocycles. The quantitative estimate of drug-likeness (QED) is 0.865. The minimum atomic E-state index is 0.00633. The van der Waals surface area contributed by atoms with Crippen molar-refractivity contribution < 1.29 is 4.79 Å². The second-order valence-corrected chi connectivity index (χ2v) is 8.03. The number of hydrogen-bond donors (Lipinski definition) is 1. The van der Waals surface area contributed by atoms with Gasteiger partial charge in [-0.1, -0.05) is 40.5 Å². The average Bonchev–Trinajstić information content (AvgIpc) is 2.76. The summed E-state index contributed by atoms with van der Waals surface area (Å²) in [4.78, 5) is 15.1. The number of nitrogens with zero attached hydrogens (tertiary/aromatic N) is 1. The van der Waals surface area contributed by atoms with E-state index in [9.17, 15) is 4.79 Å². The molecule has 1 saturated carbocycles. The Bertz CT molecular complexity index is 345. The SMILES string of the molecule is CSC1CCCCC1N1C(=O)C(C(C)C)NC1C(C)C. The van der Waals surface area contributed by atoms with Crippen molar-refractivity contribution in [3.05, 3.63) is 0 Å². The molecule has 0 aromatic carbocycles. The highest BCUT2D eigenvalue weighted by Gasteiger charge is 2.46. The van der Waals surface area contributed by atoms with Gasteiger partial charge in [0.25, 0.3) is 0 Å². The summed E-state index contributed by atoms with van der Waals surface area (Å²) in [6.07, 6.45) is 7.42. The van der Waals surface area contributed by atoms with Gasteiger partial charge < -0.3 is 4.90 Å². The van der Waals surface area contributed by atoms with Gasteiger partial charge in [-0.25, -0.2) is 0 Å². The van der Waals surface area contributed by atoms with Crippen molar-refractivity contribution in [2.24, 2.45) is 11.8 Å². The summed E-state index contributed by atoms with van der Waals surface area (Å²) < 4.78 is 0. The number of amides is 1. The van der Waals surface area contributed by atoms with E-state index in [1.165, 1.54) is 25.7 Å². The fraction of sp³-hybridized carbons (Fsp3) is 0.938. The van der Waals surface area contributed by atoms with Crippen molar-refractivity contribution in [1.29, 1.82) is 0 Å². The van der Waals surface area contributed by atoms with Crippen LogP contribution in [-0.4, -0.2) is 40.6 Å². The number of carbonyl (C=O) groups excluding carboxylic acids is 1. The highest BCUT2D eigenvalue weighted by molar-refractivity contribution is 7.99. The van der Waals surface area contributed by atoms with Gasteiger partial charge in [0.2, 0.25) is 5.91 Å². The maximum atomic E-state index is 12.9. The largest absolute Gasteiger partial charge is 0.321 e. The van der Waals surface area contributed by atoms with E-state index in [0.717, 1.165) is 0 Å². The standard InChI is InChI=1S/C16H30N2OS/c1-10(2)14-16(19)18(15(17-14)11(3)4)12-8-6-7-9-13(12)20-5/h10-15,17H,6-9H2,1-5H3. The minimum Gasteiger partial charge on any atom is -0.321 e. The van der Waals surface area contributed by atoms with E-state index in [0.29, 0.717) is 29.0 Å². The molecule has 1 saturated heterocycles. The topological polar surface area (TPSA) is 32.3 Å². The number of carbonyl (C=O) groups is 1. The van der Waals surface area contributed by atoms with Crippen LogP contribution in [0.3, 0.4) is 0 Å². The van der Waals surface area contributed by atoms with Crippen molar-refractivity contribution in [2.45, 2.75) is 76.9 Å². The van der Waals surface area contributed by atoms with Crippen molar-refractivity contribution in [1.82, 2.24) is 10.2 Å². The van der Waals surface area contributed by atoms with Gasteiger partial charge in [0, 0.05) is 11.3 Å². The van der Waals surface area contributed by atoms with Gasteiger partial charge in [0.1, 0.15) is 0 Å². The van der Waals surface area contributed by atoms with Gasteiger partial charge in [-0.3, -0.25) is 10.1 Å². The molecule has 0 aromatic rings. The van der Waals surface area contributed by atoms with Crippen LogP contribution in [0.1, 0.15) is 53.4 Å². The lowest BCUT2D eigenvalue weighted by atomic mass is 9.92. The van der Waals surface area contributed by atoms with E-state index in [4.69, 9.17) is 0 Å². The third kappa shape index (κ3) is 3.01. The smallest absolute Gasteiger partial charge is 0.241 e. The molecule has 4 unspecified atom stereocenters. The average molecular weight is 298 g/mol. The molecule has 0 spiro atoms. The second-order valence-electron chi connectivity index (χ2n) is 6.95. The van der Waals surface area contributed by atoms with Gasteiger partial charge in [-0.05, 0) is 30.9 Å². The predicted molar refractivity (Wildman–Crippen MR) is 86.8 cm³/mol. The van der Waals surface area contributed by atoms with Crippen molar-refractivity contribution in [3.63, 3.8) is 0 Å². The molecular weight excluding hydrogens is 268 g/mol. The molecule has 20 heavy (non-hydrogen) atoms.